The molecule has 102 valence electrons. The lowest BCUT2D eigenvalue weighted by Gasteiger charge is -2.26. The lowest BCUT2D eigenvalue weighted by molar-refractivity contribution is -0.124. The van der Waals surface area contributed by atoms with E-state index >= 15 is 0 Å². The highest BCUT2D eigenvalue weighted by molar-refractivity contribution is 5.82. The van der Waals surface area contributed by atoms with Gasteiger partial charge >= 0.3 is 0 Å². The maximum absolute atomic E-state index is 12.5. The van der Waals surface area contributed by atoms with E-state index in [1.807, 2.05) is 18.2 Å². The van der Waals surface area contributed by atoms with Crippen LogP contribution in [0.2, 0.25) is 0 Å². The third kappa shape index (κ3) is 2.54. The second-order valence-corrected chi connectivity index (χ2v) is 6.06. The standard InChI is InChI=1S/C17H22O2/c1-12-5-4-7-14(12)16(18)11-13-9-10-19-17-8-3-2-6-15(13)17/h2-3,6,8,12-14H,4-5,7,9-11H2,1H3. The molecule has 0 amide bonds. The lowest BCUT2D eigenvalue weighted by Crippen LogP contribution is -2.22. The minimum absolute atomic E-state index is 0.315. The largest absolute Gasteiger partial charge is 0.493 e. The summed E-state index contributed by atoms with van der Waals surface area (Å²) in [6.45, 7) is 2.97. The molecule has 2 aliphatic rings. The molecular formula is C17H22O2. The number of fused-ring (bicyclic) bond motifs is 1. The SMILES string of the molecule is CC1CCCC1C(=O)CC1CCOc2ccccc21. The van der Waals surface area contributed by atoms with E-state index in [0.29, 0.717) is 30.0 Å². The molecule has 1 aromatic rings. The van der Waals surface area contributed by atoms with Gasteiger partial charge < -0.3 is 4.74 Å². The fourth-order valence-corrected chi connectivity index (χ4v) is 3.65. The summed E-state index contributed by atoms with van der Waals surface area (Å²) in [7, 11) is 0. The van der Waals surface area contributed by atoms with Gasteiger partial charge in [0.15, 0.2) is 0 Å². The van der Waals surface area contributed by atoms with Crippen molar-refractivity contribution in [1.29, 1.82) is 0 Å². The van der Waals surface area contributed by atoms with E-state index in [4.69, 9.17) is 4.74 Å². The number of ether oxygens (including phenoxy) is 1. The zero-order valence-electron chi connectivity index (χ0n) is 11.6. The normalized spacial score (nSPS) is 29.6. The first kappa shape index (κ1) is 12.7. The highest BCUT2D eigenvalue weighted by Gasteiger charge is 2.32. The Hall–Kier alpha value is -1.31. The topological polar surface area (TPSA) is 26.3 Å². The van der Waals surface area contributed by atoms with Crippen LogP contribution in [0.1, 0.15) is 50.5 Å². The van der Waals surface area contributed by atoms with Gasteiger partial charge in [-0.2, -0.15) is 0 Å². The summed E-state index contributed by atoms with van der Waals surface area (Å²) in [5.74, 6) is 2.72. The van der Waals surface area contributed by atoms with E-state index in [9.17, 15) is 4.79 Å². The van der Waals surface area contributed by atoms with E-state index < -0.39 is 0 Å². The number of benzene rings is 1. The zero-order chi connectivity index (χ0) is 13.2. The van der Waals surface area contributed by atoms with Gasteiger partial charge in [0.1, 0.15) is 11.5 Å². The predicted molar refractivity (Wildman–Crippen MR) is 75.4 cm³/mol. The Balaban J connectivity index is 1.72. The van der Waals surface area contributed by atoms with Gasteiger partial charge in [-0.15, -0.1) is 0 Å². The van der Waals surface area contributed by atoms with Gasteiger partial charge in [0.05, 0.1) is 6.61 Å². The Morgan fingerprint density at radius 2 is 2.11 bits per heavy atom. The van der Waals surface area contributed by atoms with Crippen molar-refractivity contribution in [2.45, 2.75) is 44.9 Å². The van der Waals surface area contributed by atoms with Crippen LogP contribution in [-0.2, 0) is 4.79 Å². The van der Waals surface area contributed by atoms with Crippen molar-refractivity contribution in [3.63, 3.8) is 0 Å². The average Bonchev–Trinajstić information content (AvgIpc) is 2.85. The molecule has 19 heavy (non-hydrogen) atoms. The first-order valence-electron chi connectivity index (χ1n) is 7.50. The van der Waals surface area contributed by atoms with Crippen LogP contribution in [0.25, 0.3) is 0 Å². The first-order chi connectivity index (χ1) is 9.25. The predicted octanol–water partition coefficient (Wildman–Crippen LogP) is 3.95. The molecule has 0 saturated heterocycles. The van der Waals surface area contributed by atoms with Crippen LogP contribution in [0.3, 0.4) is 0 Å². The second-order valence-electron chi connectivity index (χ2n) is 6.06. The molecule has 1 aliphatic heterocycles. The lowest BCUT2D eigenvalue weighted by atomic mass is 9.83. The summed E-state index contributed by atoms with van der Waals surface area (Å²) in [6.07, 6.45) is 5.23. The zero-order valence-corrected chi connectivity index (χ0v) is 11.6. The minimum atomic E-state index is 0.315. The highest BCUT2D eigenvalue weighted by Crippen LogP contribution is 2.39. The fraction of sp³-hybridized carbons (Fsp3) is 0.588. The van der Waals surface area contributed by atoms with E-state index in [2.05, 4.69) is 13.0 Å². The van der Waals surface area contributed by atoms with Crippen molar-refractivity contribution in [3.8, 4) is 5.75 Å². The van der Waals surface area contributed by atoms with Gasteiger partial charge in [-0.05, 0) is 42.7 Å². The molecule has 0 N–H and O–H groups in total. The van der Waals surface area contributed by atoms with Crippen molar-refractivity contribution in [1.82, 2.24) is 0 Å². The molecular weight excluding hydrogens is 236 g/mol. The molecule has 1 heterocycles. The summed E-state index contributed by atoms with van der Waals surface area (Å²) in [5, 5.41) is 0. The maximum Gasteiger partial charge on any atom is 0.136 e. The Morgan fingerprint density at radius 1 is 1.26 bits per heavy atom. The van der Waals surface area contributed by atoms with Crippen molar-refractivity contribution < 1.29 is 9.53 Å². The Morgan fingerprint density at radius 3 is 2.89 bits per heavy atom. The molecule has 0 spiro atoms. The van der Waals surface area contributed by atoms with Gasteiger partial charge in [-0.1, -0.05) is 31.5 Å². The van der Waals surface area contributed by atoms with Crippen molar-refractivity contribution in [2.24, 2.45) is 11.8 Å². The number of rotatable bonds is 3. The number of para-hydroxylation sites is 1. The summed E-state index contributed by atoms with van der Waals surface area (Å²) in [6, 6.07) is 8.18. The number of ketones is 1. The molecule has 0 aromatic heterocycles. The highest BCUT2D eigenvalue weighted by atomic mass is 16.5. The molecule has 1 aliphatic carbocycles. The number of carbonyl (C=O) groups is 1. The molecule has 1 aromatic carbocycles. The molecule has 3 unspecified atom stereocenters. The van der Waals surface area contributed by atoms with Crippen LogP contribution in [-0.4, -0.2) is 12.4 Å². The molecule has 0 radical (unpaired) electrons. The van der Waals surface area contributed by atoms with E-state index in [1.165, 1.54) is 18.4 Å². The maximum atomic E-state index is 12.5. The quantitative estimate of drug-likeness (QED) is 0.820. The van der Waals surface area contributed by atoms with Gasteiger partial charge in [-0.3, -0.25) is 4.79 Å². The van der Waals surface area contributed by atoms with E-state index in [-0.39, 0.29) is 0 Å². The Bertz CT molecular complexity index is 466. The third-order valence-electron chi connectivity index (χ3n) is 4.81. The van der Waals surface area contributed by atoms with Crippen molar-refractivity contribution in [2.75, 3.05) is 6.61 Å². The van der Waals surface area contributed by atoms with Crippen LogP contribution in [0, 0.1) is 11.8 Å². The molecule has 0 bridgehead atoms. The van der Waals surface area contributed by atoms with Crippen molar-refractivity contribution in [3.05, 3.63) is 29.8 Å². The third-order valence-corrected chi connectivity index (χ3v) is 4.81. The number of carbonyl (C=O) groups excluding carboxylic acids is 1. The second kappa shape index (κ2) is 5.36. The van der Waals surface area contributed by atoms with Crippen LogP contribution in [0.15, 0.2) is 24.3 Å². The van der Waals surface area contributed by atoms with Gasteiger partial charge in [0.2, 0.25) is 0 Å². The summed E-state index contributed by atoms with van der Waals surface area (Å²) in [5.41, 5.74) is 1.23. The van der Waals surface area contributed by atoms with Crippen LogP contribution >= 0.6 is 0 Å². The van der Waals surface area contributed by atoms with Crippen LogP contribution in [0.5, 0.6) is 5.75 Å². The van der Waals surface area contributed by atoms with Crippen LogP contribution in [0.4, 0.5) is 0 Å². The summed E-state index contributed by atoms with van der Waals surface area (Å²) in [4.78, 5) is 12.5. The smallest absolute Gasteiger partial charge is 0.136 e. The Labute approximate surface area is 115 Å². The monoisotopic (exact) mass is 258 g/mol. The average molecular weight is 258 g/mol. The molecule has 2 nitrogen and oxygen atoms in total. The molecule has 2 heteroatoms. The van der Waals surface area contributed by atoms with E-state index in [0.717, 1.165) is 25.2 Å². The first-order valence-corrected chi connectivity index (χ1v) is 7.50. The van der Waals surface area contributed by atoms with Crippen molar-refractivity contribution >= 4 is 5.78 Å². The number of hydrogen-bond donors (Lipinski definition) is 0. The molecule has 3 rings (SSSR count). The number of Topliss-reactive ketones (excluding diaryl/α,β-unsaturated/α-hetero) is 1. The number of hydrogen-bond acceptors (Lipinski definition) is 2. The summed E-state index contributed by atoms with van der Waals surface area (Å²) < 4.78 is 5.67. The van der Waals surface area contributed by atoms with Gasteiger partial charge in [-0.25, -0.2) is 0 Å². The molecule has 1 saturated carbocycles. The Kier molecular flexibility index (Phi) is 3.58. The van der Waals surface area contributed by atoms with E-state index in [1.54, 1.807) is 0 Å². The van der Waals surface area contributed by atoms with Gasteiger partial charge in [0.25, 0.3) is 0 Å². The molecule has 3 atom stereocenters. The minimum Gasteiger partial charge on any atom is -0.493 e. The van der Waals surface area contributed by atoms with Crippen LogP contribution < -0.4 is 4.74 Å². The van der Waals surface area contributed by atoms with Gasteiger partial charge in [0, 0.05) is 12.3 Å². The summed E-state index contributed by atoms with van der Waals surface area (Å²) >= 11 is 0. The molecule has 1 fully saturated rings. The fourth-order valence-electron chi connectivity index (χ4n) is 3.65.